The van der Waals surface area contributed by atoms with Gasteiger partial charge in [-0.2, -0.15) is 5.26 Å². The van der Waals surface area contributed by atoms with Crippen LogP contribution in [0.3, 0.4) is 0 Å². The minimum absolute atomic E-state index is 0.0487. The number of amides is 2. The van der Waals surface area contributed by atoms with E-state index in [0.29, 0.717) is 22.6 Å². The molecule has 2 amide bonds. The summed E-state index contributed by atoms with van der Waals surface area (Å²) in [6.45, 7) is 1.86. The quantitative estimate of drug-likeness (QED) is 0.572. The smallest absolute Gasteiger partial charge is 0.271 e. The van der Waals surface area contributed by atoms with Crippen LogP contribution in [0.1, 0.15) is 12.5 Å². The standard InChI is InChI=1S/C19H20N2O5/c1-12-14(9-13-5-6-16(25-3)17(10-13)26-4)18(22)21(7-8-24-2)19(23)15(12)11-20/h5-6,9-10H,7-8H2,1-4H3/b14-9+. The predicted molar refractivity (Wildman–Crippen MR) is 94.4 cm³/mol. The molecule has 0 spiro atoms. The van der Waals surface area contributed by atoms with Crippen molar-refractivity contribution in [3.8, 4) is 17.6 Å². The van der Waals surface area contributed by atoms with Crippen molar-refractivity contribution in [1.29, 1.82) is 5.26 Å². The summed E-state index contributed by atoms with van der Waals surface area (Å²) >= 11 is 0. The number of imide groups is 1. The summed E-state index contributed by atoms with van der Waals surface area (Å²) in [4.78, 5) is 26.2. The maximum Gasteiger partial charge on any atom is 0.271 e. The zero-order valence-corrected chi connectivity index (χ0v) is 15.2. The third kappa shape index (κ3) is 3.60. The molecule has 1 heterocycles. The molecule has 0 atom stereocenters. The minimum atomic E-state index is -0.600. The third-order valence-corrected chi connectivity index (χ3v) is 4.06. The van der Waals surface area contributed by atoms with Crippen LogP contribution >= 0.6 is 0 Å². The van der Waals surface area contributed by atoms with Crippen LogP contribution in [0.15, 0.2) is 34.9 Å². The van der Waals surface area contributed by atoms with Gasteiger partial charge in [0.15, 0.2) is 11.5 Å². The lowest BCUT2D eigenvalue weighted by Crippen LogP contribution is -2.44. The molecule has 0 aromatic heterocycles. The fourth-order valence-electron chi connectivity index (χ4n) is 2.62. The predicted octanol–water partition coefficient (Wildman–Crippen LogP) is 1.94. The van der Waals surface area contributed by atoms with Crippen molar-refractivity contribution in [3.63, 3.8) is 0 Å². The average Bonchev–Trinajstić information content (AvgIpc) is 2.65. The first-order valence-corrected chi connectivity index (χ1v) is 7.88. The Morgan fingerprint density at radius 3 is 2.38 bits per heavy atom. The normalized spacial score (nSPS) is 16.1. The highest BCUT2D eigenvalue weighted by atomic mass is 16.5. The van der Waals surface area contributed by atoms with Gasteiger partial charge < -0.3 is 14.2 Å². The molecule has 0 bridgehead atoms. The van der Waals surface area contributed by atoms with Crippen LogP contribution in [0.25, 0.3) is 6.08 Å². The first kappa shape index (κ1) is 19.2. The van der Waals surface area contributed by atoms with E-state index >= 15 is 0 Å². The number of carbonyl (C=O) groups excluding carboxylic acids is 2. The molecule has 1 aromatic carbocycles. The Morgan fingerprint density at radius 2 is 1.81 bits per heavy atom. The fraction of sp³-hybridized carbons (Fsp3) is 0.316. The Hall–Kier alpha value is -3.11. The fourth-order valence-corrected chi connectivity index (χ4v) is 2.62. The second-order valence-corrected chi connectivity index (χ2v) is 5.54. The lowest BCUT2D eigenvalue weighted by atomic mass is 9.93. The maximum atomic E-state index is 12.8. The zero-order valence-electron chi connectivity index (χ0n) is 15.2. The lowest BCUT2D eigenvalue weighted by molar-refractivity contribution is -0.141. The van der Waals surface area contributed by atoms with Gasteiger partial charge in [0.05, 0.1) is 27.4 Å². The van der Waals surface area contributed by atoms with Crippen molar-refractivity contribution in [2.45, 2.75) is 6.92 Å². The van der Waals surface area contributed by atoms with Gasteiger partial charge in [0.1, 0.15) is 11.6 Å². The Labute approximate surface area is 152 Å². The van der Waals surface area contributed by atoms with Crippen molar-refractivity contribution in [3.05, 3.63) is 40.5 Å². The second-order valence-electron chi connectivity index (χ2n) is 5.54. The van der Waals surface area contributed by atoms with Crippen molar-refractivity contribution in [2.24, 2.45) is 0 Å². The van der Waals surface area contributed by atoms with Crippen LogP contribution in [0, 0.1) is 11.3 Å². The molecule has 0 aliphatic carbocycles. The molecule has 1 aromatic rings. The van der Waals surface area contributed by atoms with E-state index in [1.165, 1.54) is 21.3 Å². The second kappa shape index (κ2) is 8.32. The van der Waals surface area contributed by atoms with Gasteiger partial charge in [-0.15, -0.1) is 0 Å². The molecule has 7 nitrogen and oxygen atoms in total. The number of nitriles is 1. The first-order chi connectivity index (χ1) is 12.5. The van der Waals surface area contributed by atoms with Crippen LogP contribution in [0.5, 0.6) is 11.5 Å². The van der Waals surface area contributed by atoms with Gasteiger partial charge in [-0.3, -0.25) is 14.5 Å². The van der Waals surface area contributed by atoms with Gasteiger partial charge in [-0.25, -0.2) is 0 Å². The number of benzene rings is 1. The number of carbonyl (C=O) groups is 2. The molecule has 0 unspecified atom stereocenters. The molecule has 136 valence electrons. The average molecular weight is 356 g/mol. The van der Waals surface area contributed by atoms with Crippen LogP contribution in [-0.4, -0.2) is 51.2 Å². The summed E-state index contributed by atoms with van der Waals surface area (Å²) in [6.07, 6.45) is 1.63. The summed E-state index contributed by atoms with van der Waals surface area (Å²) in [5.41, 5.74) is 1.27. The van der Waals surface area contributed by atoms with Crippen molar-refractivity contribution in [1.82, 2.24) is 4.90 Å². The van der Waals surface area contributed by atoms with Gasteiger partial charge in [-0.1, -0.05) is 6.07 Å². The molecular weight excluding hydrogens is 336 g/mol. The Morgan fingerprint density at radius 1 is 1.12 bits per heavy atom. The molecule has 0 N–H and O–H groups in total. The van der Waals surface area contributed by atoms with E-state index in [-0.39, 0.29) is 24.3 Å². The van der Waals surface area contributed by atoms with Gasteiger partial charge >= 0.3 is 0 Å². The van der Waals surface area contributed by atoms with Crippen LogP contribution in [0.4, 0.5) is 0 Å². The largest absolute Gasteiger partial charge is 0.493 e. The van der Waals surface area contributed by atoms with E-state index in [1.54, 1.807) is 31.2 Å². The first-order valence-electron chi connectivity index (χ1n) is 7.88. The van der Waals surface area contributed by atoms with Gasteiger partial charge in [0, 0.05) is 12.7 Å². The van der Waals surface area contributed by atoms with E-state index < -0.39 is 11.8 Å². The Balaban J connectivity index is 2.53. The third-order valence-electron chi connectivity index (χ3n) is 4.06. The van der Waals surface area contributed by atoms with Gasteiger partial charge in [0.2, 0.25) is 0 Å². The summed E-state index contributed by atoms with van der Waals surface area (Å²) in [5.74, 6) is 0.0147. The summed E-state index contributed by atoms with van der Waals surface area (Å²) < 4.78 is 15.4. The molecule has 7 heteroatoms. The van der Waals surface area contributed by atoms with Crippen LogP contribution in [-0.2, 0) is 14.3 Å². The Bertz CT molecular complexity index is 833. The molecule has 1 aliphatic rings. The number of ether oxygens (including phenoxy) is 3. The number of rotatable bonds is 6. The SMILES string of the molecule is COCCN1C(=O)C(C#N)=C(C)/C(=C\c2ccc(OC)c(OC)c2)C1=O. The van der Waals surface area contributed by atoms with E-state index in [1.807, 2.05) is 6.07 Å². The summed E-state index contributed by atoms with van der Waals surface area (Å²) in [6, 6.07) is 7.09. The summed E-state index contributed by atoms with van der Waals surface area (Å²) in [7, 11) is 4.53. The van der Waals surface area contributed by atoms with Crippen LogP contribution in [0.2, 0.25) is 0 Å². The maximum absolute atomic E-state index is 12.8. The molecule has 0 saturated carbocycles. The molecule has 0 fully saturated rings. The molecular formula is C19H20N2O5. The zero-order chi connectivity index (χ0) is 19.3. The number of hydrogen-bond acceptors (Lipinski definition) is 6. The minimum Gasteiger partial charge on any atom is -0.493 e. The number of methoxy groups -OCH3 is 3. The number of nitrogens with zero attached hydrogens (tertiary/aromatic N) is 2. The topological polar surface area (TPSA) is 88.9 Å². The van der Waals surface area contributed by atoms with Gasteiger partial charge in [0.25, 0.3) is 11.8 Å². The highest BCUT2D eigenvalue weighted by molar-refractivity contribution is 6.19. The monoisotopic (exact) mass is 356 g/mol. The van der Waals surface area contributed by atoms with Crippen molar-refractivity contribution >= 4 is 17.9 Å². The highest BCUT2D eigenvalue weighted by Crippen LogP contribution is 2.31. The van der Waals surface area contributed by atoms with Crippen molar-refractivity contribution < 1.29 is 23.8 Å². The number of hydrogen-bond donors (Lipinski definition) is 0. The Kier molecular flexibility index (Phi) is 6.15. The molecule has 0 saturated heterocycles. The molecule has 26 heavy (non-hydrogen) atoms. The molecule has 0 radical (unpaired) electrons. The molecule has 2 rings (SSSR count). The lowest BCUT2D eigenvalue weighted by Gasteiger charge is -2.27. The van der Waals surface area contributed by atoms with Crippen LogP contribution < -0.4 is 9.47 Å². The van der Waals surface area contributed by atoms with E-state index in [0.717, 1.165) is 4.90 Å². The van der Waals surface area contributed by atoms with E-state index in [2.05, 4.69) is 0 Å². The van der Waals surface area contributed by atoms with E-state index in [4.69, 9.17) is 14.2 Å². The van der Waals surface area contributed by atoms with Gasteiger partial charge in [-0.05, 0) is 36.3 Å². The van der Waals surface area contributed by atoms with E-state index in [9.17, 15) is 14.9 Å². The van der Waals surface area contributed by atoms with Crippen molar-refractivity contribution in [2.75, 3.05) is 34.5 Å². The molecule has 1 aliphatic heterocycles. The highest BCUT2D eigenvalue weighted by Gasteiger charge is 2.35. The summed E-state index contributed by atoms with van der Waals surface area (Å²) in [5, 5.41) is 9.33.